The minimum absolute atomic E-state index is 0.000433. The maximum atomic E-state index is 12.5. The number of fused-ring (bicyclic) bond motifs is 1. The number of hydrogen-bond acceptors (Lipinski definition) is 6. The Morgan fingerprint density at radius 1 is 1.05 bits per heavy atom. The van der Waals surface area contributed by atoms with E-state index in [9.17, 15) is 29.1 Å². The molecule has 5 N–H and O–H groups in total. The number of nitrogens with one attached hydrogen (secondary N) is 1. The molecule has 202 valence electrons. The van der Waals surface area contributed by atoms with Crippen molar-refractivity contribution in [3.63, 3.8) is 0 Å². The zero-order valence-electron chi connectivity index (χ0n) is 21.4. The van der Waals surface area contributed by atoms with Gasteiger partial charge < -0.3 is 21.3 Å². The lowest BCUT2D eigenvalue weighted by molar-refractivity contribution is -0.137. The number of primary amides is 1. The number of carbonyl (C=O) groups excluding carboxylic acids is 4. The molecule has 0 spiro atoms. The van der Waals surface area contributed by atoms with Gasteiger partial charge in [-0.05, 0) is 49.5 Å². The summed E-state index contributed by atoms with van der Waals surface area (Å²) < 4.78 is 0. The molecule has 0 radical (unpaired) electrons. The molecule has 3 rings (SSSR count). The number of Topliss-reactive ketones (excluding diaryl/α,β-unsaturated/α-hetero) is 2. The monoisotopic (exact) mass is 522 g/mol. The highest BCUT2D eigenvalue weighted by Crippen LogP contribution is 2.51. The average Bonchev–Trinajstić information content (AvgIpc) is 3.32. The van der Waals surface area contributed by atoms with Gasteiger partial charge in [-0.1, -0.05) is 55.5 Å². The van der Waals surface area contributed by atoms with Crippen LogP contribution < -0.4 is 11.1 Å². The molecule has 2 fully saturated rings. The van der Waals surface area contributed by atoms with Gasteiger partial charge >= 0.3 is 5.97 Å². The van der Waals surface area contributed by atoms with Crippen molar-refractivity contribution in [1.29, 1.82) is 0 Å². The van der Waals surface area contributed by atoms with Gasteiger partial charge in [-0.15, -0.1) is 0 Å². The Balaban J connectivity index is 1.80. The molecule has 9 nitrogen and oxygen atoms in total. The summed E-state index contributed by atoms with van der Waals surface area (Å²) in [6, 6.07) is -0.972. The summed E-state index contributed by atoms with van der Waals surface area (Å²) in [5, 5.41) is 21.6. The van der Waals surface area contributed by atoms with Crippen molar-refractivity contribution < 1.29 is 34.2 Å². The summed E-state index contributed by atoms with van der Waals surface area (Å²) >= 11 is 0. The summed E-state index contributed by atoms with van der Waals surface area (Å²) in [7, 11) is 0. The lowest BCUT2D eigenvalue weighted by Crippen LogP contribution is -2.30. The molecule has 0 bridgehead atoms. The third-order valence-corrected chi connectivity index (χ3v) is 7.53. The van der Waals surface area contributed by atoms with Crippen LogP contribution in [0.15, 0.2) is 72.1 Å². The van der Waals surface area contributed by atoms with Crippen molar-refractivity contribution in [2.24, 2.45) is 41.2 Å². The van der Waals surface area contributed by atoms with E-state index in [4.69, 9.17) is 10.8 Å². The fourth-order valence-corrected chi connectivity index (χ4v) is 5.92. The topological polar surface area (TPSA) is 164 Å². The predicted octanol–water partition coefficient (Wildman–Crippen LogP) is 2.72. The first-order valence-electron chi connectivity index (χ1n) is 12.7. The molecular formula is C29H34N2O7. The van der Waals surface area contributed by atoms with E-state index in [0.717, 1.165) is 6.42 Å². The number of ketones is 2. The SMILES string of the molecule is CC(=O)[C@H]1[C@@H]2C=C[C@H](/C=C/C=C/C(N)=O)[C@H](/C=C/C=C/C(O)=C3C(=O)N[C@@H](CCC(=O)O)C3=O)[C@H]2C[C@H]1C. The lowest BCUT2D eigenvalue weighted by Gasteiger charge is -2.34. The molecule has 2 aliphatic carbocycles. The first kappa shape index (κ1) is 28.6. The van der Waals surface area contributed by atoms with Gasteiger partial charge in [0.1, 0.15) is 17.1 Å². The van der Waals surface area contributed by atoms with Crippen LogP contribution in [0.25, 0.3) is 0 Å². The number of rotatable bonds is 10. The molecule has 7 atom stereocenters. The van der Waals surface area contributed by atoms with Crippen LogP contribution in [0.4, 0.5) is 0 Å². The Kier molecular flexibility index (Phi) is 9.39. The Labute approximate surface area is 221 Å². The number of allylic oxidation sites excluding steroid dienone is 9. The van der Waals surface area contributed by atoms with E-state index in [1.807, 2.05) is 12.2 Å². The Bertz CT molecular complexity index is 1170. The lowest BCUT2D eigenvalue weighted by atomic mass is 9.69. The van der Waals surface area contributed by atoms with Crippen molar-refractivity contribution in [2.75, 3.05) is 0 Å². The van der Waals surface area contributed by atoms with E-state index in [1.165, 1.54) is 18.2 Å². The molecule has 1 aliphatic heterocycles. The number of aliphatic carboxylic acids is 1. The van der Waals surface area contributed by atoms with Gasteiger partial charge in [0.15, 0.2) is 5.78 Å². The minimum Gasteiger partial charge on any atom is -0.507 e. The number of hydrogen-bond donors (Lipinski definition) is 4. The number of aliphatic hydroxyl groups is 1. The van der Waals surface area contributed by atoms with E-state index < -0.39 is 35.4 Å². The second-order valence-electron chi connectivity index (χ2n) is 10.1. The molecular weight excluding hydrogens is 488 g/mol. The molecule has 0 aromatic rings. The summed E-state index contributed by atoms with van der Waals surface area (Å²) in [6.07, 6.45) is 17.8. The number of carboxylic acid groups (broad SMARTS) is 1. The van der Waals surface area contributed by atoms with Crippen molar-refractivity contribution in [3.05, 3.63) is 72.1 Å². The number of amides is 2. The van der Waals surface area contributed by atoms with Crippen LogP contribution in [0.3, 0.4) is 0 Å². The molecule has 1 heterocycles. The molecule has 0 aromatic heterocycles. The van der Waals surface area contributed by atoms with Gasteiger partial charge in [0.25, 0.3) is 5.91 Å². The van der Waals surface area contributed by atoms with Crippen LogP contribution >= 0.6 is 0 Å². The van der Waals surface area contributed by atoms with E-state index in [2.05, 4.69) is 24.4 Å². The van der Waals surface area contributed by atoms with Gasteiger partial charge in [-0.2, -0.15) is 0 Å². The highest BCUT2D eigenvalue weighted by molar-refractivity contribution is 6.27. The van der Waals surface area contributed by atoms with Crippen LogP contribution in [0.5, 0.6) is 0 Å². The fourth-order valence-electron chi connectivity index (χ4n) is 5.92. The van der Waals surface area contributed by atoms with Crippen LogP contribution in [-0.4, -0.2) is 45.6 Å². The zero-order chi connectivity index (χ0) is 28.0. The fraction of sp³-hybridized carbons (Fsp3) is 0.414. The quantitative estimate of drug-likeness (QED) is 0.113. The van der Waals surface area contributed by atoms with Crippen molar-refractivity contribution in [3.8, 4) is 0 Å². The van der Waals surface area contributed by atoms with Crippen molar-refractivity contribution in [1.82, 2.24) is 5.32 Å². The maximum absolute atomic E-state index is 12.5. The van der Waals surface area contributed by atoms with Gasteiger partial charge in [-0.3, -0.25) is 24.0 Å². The van der Waals surface area contributed by atoms with E-state index in [-0.39, 0.29) is 59.7 Å². The van der Waals surface area contributed by atoms with E-state index in [0.29, 0.717) is 0 Å². The number of nitrogens with two attached hydrogens (primary N) is 1. The average molecular weight is 523 g/mol. The van der Waals surface area contributed by atoms with Crippen LogP contribution in [-0.2, 0) is 24.0 Å². The summed E-state index contributed by atoms with van der Waals surface area (Å²) in [5.74, 6) is -2.74. The second kappa shape index (κ2) is 12.5. The highest BCUT2D eigenvalue weighted by Gasteiger charge is 2.47. The van der Waals surface area contributed by atoms with Gasteiger partial charge in [-0.25, -0.2) is 0 Å². The second-order valence-corrected chi connectivity index (χ2v) is 10.1. The summed E-state index contributed by atoms with van der Waals surface area (Å²) in [6.45, 7) is 3.73. The highest BCUT2D eigenvalue weighted by atomic mass is 16.4. The standard InChI is InChI=1S/C29H34N2O7/c1-16-15-21-19(18(7-3-6-10-24(30)34)11-12-20(21)26(16)17(2)32)8-4-5-9-23(33)27-28(37)22(31-29(27)38)13-14-25(35)36/h3-12,16,18-22,26,33H,13-15H2,1-2H3,(H2,30,34)(H,31,38)(H,35,36)/b7-3+,8-4+,9-5+,10-6+,27-23?/t16-,18+,19+,20-,21-,22+,26+/m1/s1. The molecule has 9 heteroatoms. The third-order valence-electron chi connectivity index (χ3n) is 7.53. The number of carboxylic acids is 1. The predicted molar refractivity (Wildman–Crippen MR) is 140 cm³/mol. The largest absolute Gasteiger partial charge is 0.507 e. The molecule has 38 heavy (non-hydrogen) atoms. The molecule has 3 aliphatic rings. The molecule has 1 saturated carbocycles. The van der Waals surface area contributed by atoms with Crippen molar-refractivity contribution >= 4 is 29.4 Å². The smallest absolute Gasteiger partial charge is 0.303 e. The van der Waals surface area contributed by atoms with Crippen LogP contribution in [0, 0.1) is 35.5 Å². The zero-order valence-corrected chi connectivity index (χ0v) is 21.4. The van der Waals surface area contributed by atoms with Crippen LogP contribution in [0.2, 0.25) is 0 Å². The molecule has 0 aromatic carbocycles. The van der Waals surface area contributed by atoms with Gasteiger partial charge in [0, 0.05) is 24.3 Å². The first-order chi connectivity index (χ1) is 18.0. The first-order valence-corrected chi connectivity index (χ1v) is 12.7. The minimum atomic E-state index is -1.08. The third kappa shape index (κ3) is 6.65. The van der Waals surface area contributed by atoms with Crippen LogP contribution in [0.1, 0.15) is 33.1 Å². The normalized spacial score (nSPS) is 32.5. The van der Waals surface area contributed by atoms with Gasteiger partial charge in [0.2, 0.25) is 5.91 Å². The Morgan fingerprint density at radius 2 is 1.74 bits per heavy atom. The van der Waals surface area contributed by atoms with E-state index >= 15 is 0 Å². The number of carbonyl (C=O) groups is 5. The maximum Gasteiger partial charge on any atom is 0.303 e. The van der Waals surface area contributed by atoms with E-state index in [1.54, 1.807) is 25.2 Å². The number of aliphatic hydroxyl groups excluding tert-OH is 1. The summed E-state index contributed by atoms with van der Waals surface area (Å²) in [5.41, 5.74) is 4.76. The van der Waals surface area contributed by atoms with Crippen molar-refractivity contribution in [2.45, 2.75) is 39.2 Å². The summed E-state index contributed by atoms with van der Waals surface area (Å²) in [4.78, 5) is 58.8. The Morgan fingerprint density at radius 3 is 2.39 bits per heavy atom. The Hall–Kier alpha value is -4.01. The van der Waals surface area contributed by atoms with Gasteiger partial charge in [0.05, 0.1) is 6.04 Å². The molecule has 0 unspecified atom stereocenters. The molecule has 1 saturated heterocycles. The molecule has 2 amide bonds.